The first-order valence-electron chi connectivity index (χ1n) is 12.7. The van der Waals surface area contributed by atoms with E-state index in [9.17, 15) is 23.9 Å². The SMILES string of the molecule is CN=CC(=CN)c1ccc(O)c(-c2ccc(C#C[C@]3(CN4Cc5ccc(OC)c(F)c5C4=O)NC(=O)NC3=O)cc2)n1. The second-order valence-corrected chi connectivity index (χ2v) is 9.49. The van der Waals surface area contributed by atoms with Crippen molar-refractivity contribution in [2.45, 2.75) is 12.1 Å². The van der Waals surface area contributed by atoms with Gasteiger partial charge in [-0.3, -0.25) is 19.9 Å². The molecular weight excluding hydrogens is 543 g/mol. The van der Waals surface area contributed by atoms with E-state index in [1.54, 1.807) is 49.7 Å². The van der Waals surface area contributed by atoms with Crippen molar-refractivity contribution in [3.63, 3.8) is 0 Å². The maximum absolute atomic E-state index is 14.8. The Kier molecular flexibility index (Phi) is 7.33. The van der Waals surface area contributed by atoms with Crippen molar-refractivity contribution >= 4 is 29.6 Å². The number of hydrogen-bond donors (Lipinski definition) is 4. The van der Waals surface area contributed by atoms with E-state index in [1.165, 1.54) is 30.3 Å². The number of pyridine rings is 1. The number of imide groups is 1. The van der Waals surface area contributed by atoms with Crippen molar-refractivity contribution in [1.82, 2.24) is 20.5 Å². The second-order valence-electron chi connectivity index (χ2n) is 9.49. The number of benzene rings is 2. The number of carbonyl (C=O) groups excluding carboxylic acids is 3. The molecule has 1 atom stereocenters. The van der Waals surface area contributed by atoms with Gasteiger partial charge < -0.3 is 25.8 Å². The van der Waals surface area contributed by atoms with Gasteiger partial charge in [-0.2, -0.15) is 0 Å². The molecule has 42 heavy (non-hydrogen) atoms. The maximum Gasteiger partial charge on any atom is 0.323 e. The predicted octanol–water partition coefficient (Wildman–Crippen LogP) is 2.19. The zero-order chi connectivity index (χ0) is 30.0. The number of urea groups is 1. The van der Waals surface area contributed by atoms with Crippen molar-refractivity contribution in [3.8, 4) is 34.6 Å². The summed E-state index contributed by atoms with van der Waals surface area (Å²) in [5.41, 5.74) is 6.67. The number of ether oxygens (including phenoxy) is 1. The lowest BCUT2D eigenvalue weighted by Crippen LogP contribution is -2.54. The summed E-state index contributed by atoms with van der Waals surface area (Å²) in [6, 6.07) is 12.1. The van der Waals surface area contributed by atoms with Gasteiger partial charge in [-0.05, 0) is 35.9 Å². The summed E-state index contributed by atoms with van der Waals surface area (Å²) in [5, 5.41) is 15.1. The van der Waals surface area contributed by atoms with E-state index in [0.717, 1.165) is 0 Å². The molecule has 0 aliphatic carbocycles. The van der Waals surface area contributed by atoms with Gasteiger partial charge in [-0.15, -0.1) is 0 Å². The average molecular weight is 569 g/mol. The van der Waals surface area contributed by atoms with Crippen LogP contribution in [0.1, 0.15) is 27.2 Å². The van der Waals surface area contributed by atoms with Gasteiger partial charge in [-0.1, -0.05) is 30.0 Å². The molecule has 2 aliphatic rings. The number of hydrogen-bond acceptors (Lipinski definition) is 8. The molecule has 12 heteroatoms. The number of nitrogens with two attached hydrogens (primary N) is 1. The number of carbonyl (C=O) groups is 3. The topological polar surface area (TPSA) is 159 Å². The Morgan fingerprint density at radius 3 is 2.62 bits per heavy atom. The van der Waals surface area contributed by atoms with Gasteiger partial charge in [0.05, 0.1) is 24.9 Å². The lowest BCUT2D eigenvalue weighted by atomic mass is 9.98. The van der Waals surface area contributed by atoms with Crippen molar-refractivity contribution in [1.29, 1.82) is 0 Å². The smallest absolute Gasteiger partial charge is 0.323 e. The van der Waals surface area contributed by atoms with E-state index < -0.39 is 29.2 Å². The fourth-order valence-electron chi connectivity index (χ4n) is 4.75. The first kappa shape index (κ1) is 27.9. The molecule has 0 unspecified atom stereocenters. The molecule has 4 amide bonds. The highest BCUT2D eigenvalue weighted by Crippen LogP contribution is 2.32. The highest BCUT2D eigenvalue weighted by Gasteiger charge is 2.48. The van der Waals surface area contributed by atoms with Crippen LogP contribution >= 0.6 is 0 Å². The maximum atomic E-state index is 14.8. The molecule has 5 rings (SSSR count). The Hall–Kier alpha value is -5.70. The number of allylic oxidation sites excluding steroid dienone is 1. The molecule has 11 nitrogen and oxygen atoms in total. The van der Waals surface area contributed by atoms with Crippen molar-refractivity contribution in [2.24, 2.45) is 10.7 Å². The van der Waals surface area contributed by atoms with Gasteiger partial charge in [0.15, 0.2) is 11.6 Å². The summed E-state index contributed by atoms with van der Waals surface area (Å²) < 4.78 is 19.8. The highest BCUT2D eigenvalue weighted by atomic mass is 19.1. The Labute approximate surface area is 239 Å². The Balaban J connectivity index is 1.42. The number of nitrogens with one attached hydrogen (secondary N) is 2. The molecule has 2 aliphatic heterocycles. The van der Waals surface area contributed by atoms with Gasteiger partial charge in [0.2, 0.25) is 5.54 Å². The van der Waals surface area contributed by atoms with E-state index in [4.69, 9.17) is 10.5 Å². The first-order chi connectivity index (χ1) is 20.2. The molecule has 0 bridgehead atoms. The lowest BCUT2D eigenvalue weighted by Gasteiger charge is -2.26. The molecule has 3 heterocycles. The third-order valence-corrected chi connectivity index (χ3v) is 6.84. The molecule has 0 radical (unpaired) electrons. The molecular formula is C30H25FN6O5. The molecule has 212 valence electrons. The van der Waals surface area contributed by atoms with Crippen LogP contribution in [-0.4, -0.2) is 65.3 Å². The minimum Gasteiger partial charge on any atom is -0.506 e. The summed E-state index contributed by atoms with van der Waals surface area (Å²) in [5.74, 6) is 3.41. The highest BCUT2D eigenvalue weighted by molar-refractivity contribution is 6.10. The molecule has 1 aromatic heterocycles. The first-order valence-corrected chi connectivity index (χ1v) is 12.7. The van der Waals surface area contributed by atoms with Crippen LogP contribution in [0.15, 0.2) is 59.7 Å². The van der Waals surface area contributed by atoms with Crippen molar-refractivity contribution in [2.75, 3.05) is 20.7 Å². The summed E-state index contributed by atoms with van der Waals surface area (Å²) in [4.78, 5) is 47.8. The fourth-order valence-corrected chi connectivity index (χ4v) is 4.75. The Morgan fingerprint density at radius 1 is 1.21 bits per heavy atom. The lowest BCUT2D eigenvalue weighted by molar-refractivity contribution is -0.122. The zero-order valence-electron chi connectivity index (χ0n) is 22.6. The van der Waals surface area contributed by atoms with E-state index in [0.29, 0.717) is 33.7 Å². The van der Waals surface area contributed by atoms with E-state index >= 15 is 0 Å². The van der Waals surface area contributed by atoms with E-state index in [2.05, 4.69) is 32.5 Å². The van der Waals surface area contributed by atoms with E-state index in [-0.39, 0.29) is 30.2 Å². The zero-order valence-corrected chi connectivity index (χ0v) is 22.6. The van der Waals surface area contributed by atoms with Gasteiger partial charge in [0.25, 0.3) is 11.8 Å². The minimum absolute atomic E-state index is 0.0249. The number of aromatic nitrogens is 1. The van der Waals surface area contributed by atoms with Crippen LogP contribution in [0.3, 0.4) is 0 Å². The molecule has 3 aromatic rings. The quantitative estimate of drug-likeness (QED) is 0.202. The minimum atomic E-state index is -1.77. The largest absolute Gasteiger partial charge is 0.506 e. The second kappa shape index (κ2) is 11.1. The van der Waals surface area contributed by atoms with Crippen LogP contribution in [-0.2, 0) is 11.3 Å². The summed E-state index contributed by atoms with van der Waals surface area (Å²) in [6.07, 6.45) is 2.92. The third-order valence-electron chi connectivity index (χ3n) is 6.84. The molecule has 5 N–H and O–H groups in total. The summed E-state index contributed by atoms with van der Waals surface area (Å²) >= 11 is 0. The van der Waals surface area contributed by atoms with Crippen molar-refractivity contribution in [3.05, 3.63) is 82.9 Å². The van der Waals surface area contributed by atoms with Gasteiger partial charge in [0.1, 0.15) is 11.4 Å². The standard InChI is InChI=1S/C30H25FN6O5/c1-33-14-20(13-32)21-8-9-22(38)26(34-21)18-5-3-17(4-6-18)11-12-30(28(40)35-29(41)36-30)16-37-15-19-7-10-23(42-2)25(31)24(19)27(37)39/h3-10,13-14,38H,15-16,32H2,1-2H3,(H2,35,36,40,41)/t30-/m1/s1. The molecule has 0 spiro atoms. The molecule has 1 saturated heterocycles. The third kappa shape index (κ3) is 4.99. The molecule has 0 saturated carbocycles. The average Bonchev–Trinajstić information content (AvgIpc) is 3.45. The molecule has 2 aromatic carbocycles. The number of rotatable bonds is 6. The number of aromatic hydroxyl groups is 1. The Morgan fingerprint density at radius 2 is 1.98 bits per heavy atom. The monoisotopic (exact) mass is 568 g/mol. The number of fused-ring (bicyclic) bond motifs is 1. The van der Waals surface area contributed by atoms with Gasteiger partial charge in [0, 0.05) is 42.7 Å². The molecule has 1 fully saturated rings. The number of amides is 4. The summed E-state index contributed by atoms with van der Waals surface area (Å²) in [6.45, 7) is -0.287. The fraction of sp³-hybridized carbons (Fsp3) is 0.167. The van der Waals surface area contributed by atoms with Crippen LogP contribution in [0.4, 0.5) is 9.18 Å². The van der Waals surface area contributed by atoms with Gasteiger partial charge in [-0.25, -0.2) is 14.2 Å². The van der Waals surface area contributed by atoms with Crippen molar-refractivity contribution < 1.29 is 28.6 Å². The Bertz CT molecular complexity index is 1740. The number of aliphatic imine (C=N–C) groups is 1. The van der Waals surface area contributed by atoms with Crippen LogP contribution < -0.4 is 21.1 Å². The van der Waals surface area contributed by atoms with Crippen LogP contribution in [0.25, 0.3) is 16.8 Å². The number of methoxy groups -OCH3 is 1. The van der Waals surface area contributed by atoms with Crippen LogP contribution in [0.2, 0.25) is 0 Å². The normalized spacial score (nSPS) is 18.0. The van der Waals surface area contributed by atoms with E-state index in [1.807, 2.05) is 0 Å². The van der Waals surface area contributed by atoms with Gasteiger partial charge >= 0.3 is 6.03 Å². The number of halogens is 1. The van der Waals surface area contributed by atoms with Crippen LogP contribution in [0, 0.1) is 17.7 Å². The summed E-state index contributed by atoms with van der Waals surface area (Å²) in [7, 11) is 2.90. The number of nitrogens with zero attached hydrogens (tertiary/aromatic N) is 3. The predicted molar refractivity (Wildman–Crippen MR) is 152 cm³/mol. The van der Waals surface area contributed by atoms with Crippen LogP contribution in [0.5, 0.6) is 11.5 Å².